The molecule has 2 aliphatic heterocycles. The van der Waals surface area contributed by atoms with Gasteiger partial charge in [-0.3, -0.25) is 10.4 Å². The molecule has 0 aromatic carbocycles. The zero-order valence-electron chi connectivity index (χ0n) is 18.7. The largest absolute Gasteiger partial charge is 0.370 e. The maximum Gasteiger partial charge on any atom is 0.146 e. The maximum atomic E-state index is 9.74. The third-order valence-corrected chi connectivity index (χ3v) is 7.73. The lowest BCUT2D eigenvalue weighted by atomic mass is 9.78. The van der Waals surface area contributed by atoms with Gasteiger partial charge in [-0.05, 0) is 43.7 Å². The van der Waals surface area contributed by atoms with Crippen LogP contribution in [0.25, 0.3) is 0 Å². The number of anilines is 1. The average Bonchev–Trinajstić information content (AvgIpc) is 3.21. The minimum absolute atomic E-state index is 0.00736. The number of aromatic nitrogens is 2. The van der Waals surface area contributed by atoms with E-state index in [0.29, 0.717) is 46.5 Å². The van der Waals surface area contributed by atoms with E-state index in [-0.39, 0.29) is 24.2 Å². The van der Waals surface area contributed by atoms with Crippen LogP contribution in [0.1, 0.15) is 55.0 Å². The molecule has 34 heavy (non-hydrogen) atoms. The van der Waals surface area contributed by atoms with Crippen LogP contribution in [-0.2, 0) is 4.74 Å². The molecule has 0 bridgehead atoms. The third kappa shape index (κ3) is 4.33. The summed E-state index contributed by atoms with van der Waals surface area (Å²) in [5.74, 6) is 0.957. The summed E-state index contributed by atoms with van der Waals surface area (Å²) in [5, 5.41) is 19.8. The fourth-order valence-corrected chi connectivity index (χ4v) is 6.02. The maximum absolute atomic E-state index is 9.74. The number of nitriles is 2. The van der Waals surface area contributed by atoms with Crippen molar-refractivity contribution in [1.29, 1.82) is 10.5 Å². The van der Waals surface area contributed by atoms with Gasteiger partial charge in [0.05, 0.1) is 45.8 Å². The van der Waals surface area contributed by atoms with Crippen molar-refractivity contribution in [2.24, 2.45) is 11.8 Å². The first-order chi connectivity index (χ1) is 16.5. The first kappa shape index (κ1) is 23.3. The monoisotopic (exact) mass is 497 g/mol. The molecule has 2 N–H and O–H groups in total. The molecular weight excluding hydrogens is 473 g/mol. The number of nitrogens with zero attached hydrogens (tertiary/aromatic N) is 5. The summed E-state index contributed by atoms with van der Waals surface area (Å²) in [4.78, 5) is 10.6. The van der Waals surface area contributed by atoms with Gasteiger partial charge in [-0.2, -0.15) is 10.5 Å². The molecule has 1 aliphatic carbocycles. The van der Waals surface area contributed by atoms with Crippen LogP contribution in [0.5, 0.6) is 0 Å². The van der Waals surface area contributed by atoms with Crippen molar-refractivity contribution in [2.45, 2.75) is 50.5 Å². The fourth-order valence-electron chi connectivity index (χ4n) is 5.35. The number of rotatable bonds is 5. The molecule has 176 valence electrons. The lowest BCUT2D eigenvalue weighted by molar-refractivity contribution is -0.0370. The van der Waals surface area contributed by atoms with Crippen LogP contribution in [0.15, 0.2) is 24.7 Å². The van der Waals surface area contributed by atoms with E-state index >= 15 is 0 Å². The predicted octanol–water partition coefficient (Wildman–Crippen LogP) is 4.08. The number of nitrogens with one attached hydrogen (secondary N) is 2. The van der Waals surface area contributed by atoms with Crippen LogP contribution in [0, 0.1) is 34.5 Å². The highest BCUT2D eigenvalue weighted by Crippen LogP contribution is 2.42. The molecule has 3 aliphatic rings. The lowest BCUT2D eigenvalue weighted by Crippen LogP contribution is -2.46. The van der Waals surface area contributed by atoms with Gasteiger partial charge >= 0.3 is 0 Å². The van der Waals surface area contributed by atoms with Crippen molar-refractivity contribution in [1.82, 2.24) is 20.8 Å². The van der Waals surface area contributed by atoms with Gasteiger partial charge in [0.1, 0.15) is 11.9 Å². The minimum atomic E-state index is -0.245. The molecule has 2 saturated heterocycles. The van der Waals surface area contributed by atoms with Crippen molar-refractivity contribution in [3.8, 4) is 12.1 Å². The minimum Gasteiger partial charge on any atom is -0.370 e. The van der Waals surface area contributed by atoms with Crippen molar-refractivity contribution in [3.63, 3.8) is 0 Å². The Morgan fingerprint density at radius 3 is 2.62 bits per heavy atom. The number of halogens is 2. The molecule has 8 nitrogen and oxygen atoms in total. The van der Waals surface area contributed by atoms with Crippen molar-refractivity contribution >= 4 is 29.0 Å². The second-order valence-corrected chi connectivity index (χ2v) is 10.1. The predicted molar refractivity (Wildman–Crippen MR) is 128 cm³/mol. The molecule has 0 radical (unpaired) electrons. The Bertz CT molecular complexity index is 1140. The Labute approximate surface area is 208 Å². The Morgan fingerprint density at radius 1 is 1.15 bits per heavy atom. The number of hydrazine groups is 1. The van der Waals surface area contributed by atoms with E-state index in [1.165, 1.54) is 0 Å². The summed E-state index contributed by atoms with van der Waals surface area (Å²) in [7, 11) is 0. The molecule has 4 unspecified atom stereocenters. The summed E-state index contributed by atoms with van der Waals surface area (Å²) in [6, 6.07) is 6.82. The van der Waals surface area contributed by atoms with Crippen LogP contribution in [0.2, 0.25) is 10.0 Å². The Hall–Kier alpha value is -2.46. The van der Waals surface area contributed by atoms with E-state index in [4.69, 9.17) is 33.2 Å². The number of fused-ring (bicyclic) bond motifs is 1. The molecule has 10 heteroatoms. The summed E-state index contributed by atoms with van der Waals surface area (Å²) in [5.41, 5.74) is 9.13. The number of pyridine rings is 2. The van der Waals surface area contributed by atoms with Crippen LogP contribution < -0.4 is 15.8 Å². The molecule has 0 spiro atoms. The Balaban J connectivity index is 1.30. The van der Waals surface area contributed by atoms with E-state index in [1.54, 1.807) is 12.4 Å². The molecule has 4 heterocycles. The average molecular weight is 498 g/mol. The zero-order valence-corrected chi connectivity index (χ0v) is 20.2. The van der Waals surface area contributed by atoms with E-state index in [0.717, 1.165) is 30.4 Å². The van der Waals surface area contributed by atoms with Gasteiger partial charge in [-0.1, -0.05) is 23.2 Å². The van der Waals surface area contributed by atoms with E-state index in [9.17, 15) is 5.26 Å². The molecule has 0 amide bonds. The molecule has 5 atom stereocenters. The van der Waals surface area contributed by atoms with E-state index in [1.807, 2.05) is 24.1 Å². The standard InChI is InChI=1S/C24H25Cl2N7O/c1-13(22-19(25)9-29-10-20(22)26)34-17-2-3-21-18(5-17)23(32-31-21)16-4-15(7-28)24(30-8-16)33-11-14(6-27)12-33/h4,8-10,13-14,17-18,21,23,31-32H,2-3,5,11-12H2,1H3/t13-,17?,18?,21?,23?/m1/s1. The Morgan fingerprint density at radius 2 is 1.91 bits per heavy atom. The molecule has 5 rings (SSSR count). The molecular formula is C24H25Cl2N7O. The quantitative estimate of drug-likeness (QED) is 0.635. The molecule has 2 aromatic heterocycles. The van der Waals surface area contributed by atoms with Crippen LogP contribution >= 0.6 is 23.2 Å². The highest BCUT2D eigenvalue weighted by Gasteiger charge is 2.42. The smallest absolute Gasteiger partial charge is 0.146 e. The highest BCUT2D eigenvalue weighted by atomic mass is 35.5. The summed E-state index contributed by atoms with van der Waals surface area (Å²) < 4.78 is 6.42. The number of hydrogen-bond acceptors (Lipinski definition) is 8. The lowest BCUT2D eigenvalue weighted by Gasteiger charge is -2.37. The second-order valence-electron chi connectivity index (χ2n) is 9.25. The van der Waals surface area contributed by atoms with Crippen molar-refractivity contribution in [2.75, 3.05) is 18.0 Å². The van der Waals surface area contributed by atoms with Gasteiger partial charge in [0, 0.05) is 43.3 Å². The summed E-state index contributed by atoms with van der Waals surface area (Å²) >= 11 is 12.7. The topological polar surface area (TPSA) is 110 Å². The number of hydrogen-bond donors (Lipinski definition) is 2. The summed E-state index contributed by atoms with van der Waals surface area (Å²) in [6.07, 6.45) is 7.61. The van der Waals surface area contributed by atoms with Crippen molar-refractivity contribution in [3.05, 3.63) is 51.4 Å². The van der Waals surface area contributed by atoms with Gasteiger partial charge in [-0.25, -0.2) is 10.4 Å². The first-order valence-corrected chi connectivity index (χ1v) is 12.2. The normalized spacial score (nSPS) is 27.4. The zero-order chi connectivity index (χ0) is 23.8. The Kier molecular flexibility index (Phi) is 6.61. The van der Waals surface area contributed by atoms with E-state index < -0.39 is 0 Å². The van der Waals surface area contributed by atoms with Gasteiger partial charge in [0.2, 0.25) is 0 Å². The fraction of sp³-hybridized carbons (Fsp3) is 0.500. The van der Waals surface area contributed by atoms with Crippen LogP contribution in [0.4, 0.5) is 5.82 Å². The van der Waals surface area contributed by atoms with Crippen molar-refractivity contribution < 1.29 is 4.74 Å². The van der Waals surface area contributed by atoms with Gasteiger partial charge in [0.15, 0.2) is 0 Å². The molecule has 2 aromatic rings. The third-order valence-electron chi connectivity index (χ3n) is 7.13. The van der Waals surface area contributed by atoms with Gasteiger partial charge < -0.3 is 9.64 Å². The SMILES string of the molecule is C[C@@H](OC1CCC2NNC(c3cnc(N4CC(C#N)C4)c(C#N)c3)C2C1)c1c(Cl)cncc1Cl. The second kappa shape index (κ2) is 9.65. The first-order valence-electron chi connectivity index (χ1n) is 11.5. The summed E-state index contributed by atoms with van der Waals surface area (Å²) in [6.45, 7) is 3.21. The van der Waals surface area contributed by atoms with E-state index in [2.05, 4.69) is 33.0 Å². The van der Waals surface area contributed by atoms with Gasteiger partial charge in [0.25, 0.3) is 0 Å². The van der Waals surface area contributed by atoms with Crippen LogP contribution in [-0.4, -0.2) is 35.2 Å². The highest BCUT2D eigenvalue weighted by molar-refractivity contribution is 6.35. The van der Waals surface area contributed by atoms with Gasteiger partial charge in [-0.15, -0.1) is 0 Å². The molecule has 3 fully saturated rings. The molecule has 1 saturated carbocycles. The number of ether oxygens (including phenoxy) is 1. The van der Waals surface area contributed by atoms with Crippen LogP contribution in [0.3, 0.4) is 0 Å².